The van der Waals surface area contributed by atoms with Crippen LogP contribution in [0.15, 0.2) is 49.2 Å². The van der Waals surface area contributed by atoms with E-state index in [1.807, 2.05) is 0 Å². The van der Waals surface area contributed by atoms with Gasteiger partial charge in [0.2, 0.25) is 5.91 Å². The highest BCUT2D eigenvalue weighted by Gasteiger charge is 2.34. The minimum Gasteiger partial charge on any atom is -0.384 e. The third-order valence-corrected chi connectivity index (χ3v) is 3.50. The number of rotatable bonds is 4. The molecule has 3 N–H and O–H groups in total. The number of carbonyl (C=O) groups excluding carboxylic acids is 1. The van der Waals surface area contributed by atoms with Crippen LogP contribution in [0.1, 0.15) is 24.1 Å². The monoisotopic (exact) mass is 335 g/mol. The molecule has 4 nitrogen and oxygen atoms in total. The molecule has 0 aliphatic rings. The lowest BCUT2D eigenvalue weighted by atomic mass is 9.98. The van der Waals surface area contributed by atoms with Gasteiger partial charge in [0.15, 0.2) is 0 Å². The predicted molar refractivity (Wildman–Crippen MR) is 85.8 cm³/mol. The van der Waals surface area contributed by atoms with Crippen LogP contribution in [0, 0.1) is 0 Å². The second kappa shape index (κ2) is 6.74. The highest BCUT2D eigenvalue weighted by Crippen LogP contribution is 2.37. The molecule has 1 heterocycles. The van der Waals surface area contributed by atoms with Gasteiger partial charge in [0.1, 0.15) is 5.82 Å². The highest BCUT2D eigenvalue weighted by molar-refractivity contribution is 5.87. The van der Waals surface area contributed by atoms with E-state index in [1.165, 1.54) is 0 Å². The Balaban J connectivity index is 2.35. The van der Waals surface area contributed by atoms with Crippen LogP contribution in [0.2, 0.25) is 0 Å². The summed E-state index contributed by atoms with van der Waals surface area (Å²) in [5.74, 6) is -0.517. The summed E-state index contributed by atoms with van der Waals surface area (Å²) in [4.78, 5) is 15.0. The topological polar surface area (TPSA) is 68.0 Å². The molecule has 0 radical (unpaired) electrons. The zero-order valence-corrected chi connectivity index (χ0v) is 12.9. The van der Waals surface area contributed by atoms with Crippen molar-refractivity contribution in [1.82, 2.24) is 10.3 Å². The van der Waals surface area contributed by atoms with Crippen molar-refractivity contribution in [3.8, 4) is 11.1 Å². The van der Waals surface area contributed by atoms with Crippen LogP contribution in [-0.2, 0) is 11.0 Å². The van der Waals surface area contributed by atoms with Gasteiger partial charge in [-0.15, -0.1) is 0 Å². The van der Waals surface area contributed by atoms with Gasteiger partial charge in [-0.3, -0.25) is 4.79 Å². The molecule has 0 saturated carbocycles. The SMILES string of the molecule is C=CC(=O)N[C@H](C)c1ccc(-c2cnc(N)cc2C(F)(F)F)cc1. The standard InChI is InChI=1S/C17H16F3N3O/c1-3-16(24)23-10(2)11-4-6-12(7-5-11)13-9-22-15(21)8-14(13)17(18,19)20/h3-10H,1H2,2H3,(H2,21,22)(H,23,24)/t10-/m1/s1. The first kappa shape index (κ1) is 17.5. The number of aromatic nitrogens is 1. The fourth-order valence-corrected chi connectivity index (χ4v) is 2.24. The second-order valence-corrected chi connectivity index (χ2v) is 5.21. The quantitative estimate of drug-likeness (QED) is 0.837. The van der Waals surface area contributed by atoms with Gasteiger partial charge in [0, 0.05) is 11.8 Å². The Bertz CT molecular complexity index is 755. The zero-order chi connectivity index (χ0) is 17.9. The first-order valence-electron chi connectivity index (χ1n) is 7.08. The number of hydrogen-bond acceptors (Lipinski definition) is 3. The maximum atomic E-state index is 13.2. The molecule has 0 aliphatic carbocycles. The van der Waals surface area contributed by atoms with Crippen LogP contribution < -0.4 is 11.1 Å². The predicted octanol–water partition coefficient (Wildman–Crippen LogP) is 3.71. The van der Waals surface area contributed by atoms with Crippen molar-refractivity contribution in [2.24, 2.45) is 0 Å². The number of anilines is 1. The molecule has 2 rings (SSSR count). The third kappa shape index (κ3) is 3.92. The Labute approximate surface area is 137 Å². The molecule has 1 aromatic heterocycles. The number of alkyl halides is 3. The van der Waals surface area contributed by atoms with Crippen molar-refractivity contribution in [2.75, 3.05) is 5.73 Å². The second-order valence-electron chi connectivity index (χ2n) is 5.21. The van der Waals surface area contributed by atoms with Crippen molar-refractivity contribution in [2.45, 2.75) is 19.1 Å². The van der Waals surface area contributed by atoms with Crippen molar-refractivity contribution >= 4 is 11.7 Å². The Morgan fingerprint density at radius 3 is 2.50 bits per heavy atom. The summed E-state index contributed by atoms with van der Waals surface area (Å²) in [7, 11) is 0. The van der Waals surface area contributed by atoms with Gasteiger partial charge in [0.25, 0.3) is 0 Å². The van der Waals surface area contributed by atoms with Gasteiger partial charge in [-0.05, 0) is 30.2 Å². The number of pyridine rings is 1. The van der Waals surface area contributed by atoms with E-state index in [2.05, 4.69) is 16.9 Å². The van der Waals surface area contributed by atoms with Crippen LogP contribution in [0.4, 0.5) is 19.0 Å². The number of carbonyl (C=O) groups is 1. The largest absolute Gasteiger partial charge is 0.417 e. The minimum atomic E-state index is -4.53. The fraction of sp³-hybridized carbons (Fsp3) is 0.176. The summed E-state index contributed by atoms with van der Waals surface area (Å²) in [6.07, 6.45) is -2.27. The van der Waals surface area contributed by atoms with Gasteiger partial charge < -0.3 is 11.1 Å². The molecule has 0 bridgehead atoms. The number of nitrogens with two attached hydrogens (primary N) is 1. The number of hydrogen-bond donors (Lipinski definition) is 2. The average Bonchev–Trinajstić information content (AvgIpc) is 2.54. The van der Waals surface area contributed by atoms with Gasteiger partial charge in [-0.25, -0.2) is 4.98 Å². The summed E-state index contributed by atoms with van der Waals surface area (Å²) < 4.78 is 39.5. The van der Waals surface area contributed by atoms with Crippen LogP contribution in [0.5, 0.6) is 0 Å². The van der Waals surface area contributed by atoms with Crippen LogP contribution in [0.3, 0.4) is 0 Å². The average molecular weight is 335 g/mol. The van der Waals surface area contributed by atoms with E-state index < -0.39 is 11.7 Å². The molecule has 0 fully saturated rings. The summed E-state index contributed by atoms with van der Waals surface area (Å²) >= 11 is 0. The Morgan fingerprint density at radius 2 is 1.96 bits per heavy atom. The smallest absolute Gasteiger partial charge is 0.384 e. The number of benzene rings is 1. The molecule has 0 spiro atoms. The van der Waals surface area contributed by atoms with Crippen LogP contribution in [-0.4, -0.2) is 10.9 Å². The van der Waals surface area contributed by atoms with Gasteiger partial charge in [0.05, 0.1) is 11.6 Å². The lowest BCUT2D eigenvalue weighted by molar-refractivity contribution is -0.137. The summed E-state index contributed by atoms with van der Waals surface area (Å²) in [6.45, 7) is 5.13. The first-order valence-corrected chi connectivity index (χ1v) is 7.08. The molecular weight excluding hydrogens is 319 g/mol. The Hall–Kier alpha value is -2.83. The molecule has 1 aromatic carbocycles. The minimum absolute atomic E-state index is 0.0500. The van der Waals surface area contributed by atoms with Crippen molar-refractivity contribution in [1.29, 1.82) is 0 Å². The highest BCUT2D eigenvalue weighted by atomic mass is 19.4. The molecule has 7 heteroatoms. The first-order chi connectivity index (χ1) is 11.2. The lowest BCUT2D eigenvalue weighted by Crippen LogP contribution is -2.24. The molecule has 0 aliphatic heterocycles. The van der Waals surface area contributed by atoms with Crippen LogP contribution >= 0.6 is 0 Å². The van der Waals surface area contributed by atoms with E-state index in [0.29, 0.717) is 5.56 Å². The number of nitrogens with zero attached hydrogens (tertiary/aromatic N) is 1. The molecule has 1 amide bonds. The van der Waals surface area contributed by atoms with E-state index in [0.717, 1.165) is 23.9 Å². The molecule has 2 aromatic rings. The summed E-state index contributed by atoms with van der Waals surface area (Å²) in [5.41, 5.74) is 5.60. The fourth-order valence-electron chi connectivity index (χ4n) is 2.24. The van der Waals surface area contributed by atoms with E-state index in [4.69, 9.17) is 5.73 Å². The van der Waals surface area contributed by atoms with Gasteiger partial charge >= 0.3 is 6.18 Å². The normalized spacial score (nSPS) is 12.5. The number of halogens is 3. The number of nitrogens with one attached hydrogen (secondary N) is 1. The molecular formula is C17H16F3N3O. The maximum absolute atomic E-state index is 13.2. The van der Waals surface area contributed by atoms with Gasteiger partial charge in [-0.1, -0.05) is 30.8 Å². The van der Waals surface area contributed by atoms with E-state index >= 15 is 0 Å². The maximum Gasteiger partial charge on any atom is 0.417 e. The van der Waals surface area contributed by atoms with Crippen LogP contribution in [0.25, 0.3) is 11.1 Å². The van der Waals surface area contributed by atoms with E-state index in [-0.39, 0.29) is 23.3 Å². The van der Waals surface area contributed by atoms with E-state index in [1.54, 1.807) is 31.2 Å². The van der Waals surface area contributed by atoms with Crippen molar-refractivity contribution < 1.29 is 18.0 Å². The van der Waals surface area contributed by atoms with Crippen molar-refractivity contribution in [3.05, 3.63) is 60.3 Å². The zero-order valence-electron chi connectivity index (χ0n) is 12.9. The Morgan fingerprint density at radius 1 is 1.33 bits per heavy atom. The summed E-state index contributed by atoms with van der Waals surface area (Å²) in [6, 6.07) is 6.93. The number of amides is 1. The molecule has 126 valence electrons. The molecule has 0 saturated heterocycles. The molecule has 1 atom stereocenters. The Kier molecular flexibility index (Phi) is 4.92. The summed E-state index contributed by atoms with van der Waals surface area (Å²) in [5, 5.41) is 2.68. The van der Waals surface area contributed by atoms with Crippen molar-refractivity contribution in [3.63, 3.8) is 0 Å². The number of nitrogen functional groups attached to an aromatic ring is 1. The lowest BCUT2D eigenvalue weighted by Gasteiger charge is -2.15. The molecule has 0 unspecified atom stereocenters. The van der Waals surface area contributed by atoms with E-state index in [9.17, 15) is 18.0 Å². The molecule has 24 heavy (non-hydrogen) atoms. The van der Waals surface area contributed by atoms with Gasteiger partial charge in [-0.2, -0.15) is 13.2 Å². The third-order valence-electron chi connectivity index (χ3n) is 3.50.